The first-order valence-electron chi connectivity index (χ1n) is 5.12. The second-order valence-electron chi connectivity index (χ2n) is 4.03. The van der Waals surface area contributed by atoms with Crippen LogP contribution in [0.3, 0.4) is 0 Å². The van der Waals surface area contributed by atoms with E-state index in [2.05, 4.69) is 17.2 Å². The maximum absolute atomic E-state index is 5.91. The standard InChI is InChI=1S/C11H17N3/c1-7-5-6-14-11(12)9(7)10(13-2)8-3-4-8/h5-6,8,10,13H,3-4H2,1-2H3,(H2,12,14). The first kappa shape index (κ1) is 9.46. The maximum atomic E-state index is 5.91. The number of rotatable bonds is 3. The number of nitrogens with zero attached hydrogens (tertiary/aromatic N) is 1. The Balaban J connectivity index is 2.36. The zero-order valence-corrected chi connectivity index (χ0v) is 8.75. The number of nitrogens with one attached hydrogen (secondary N) is 1. The Bertz CT molecular complexity index is 311. The molecule has 0 aromatic carbocycles. The summed E-state index contributed by atoms with van der Waals surface area (Å²) in [6.45, 7) is 2.10. The number of hydrogen-bond acceptors (Lipinski definition) is 3. The van der Waals surface area contributed by atoms with Gasteiger partial charge in [0.25, 0.3) is 0 Å². The third kappa shape index (κ3) is 1.60. The molecule has 1 aromatic rings. The molecule has 0 aliphatic heterocycles. The molecule has 0 saturated heterocycles. The summed E-state index contributed by atoms with van der Waals surface area (Å²) in [5.74, 6) is 1.43. The molecule has 0 bridgehead atoms. The third-order valence-corrected chi connectivity index (χ3v) is 2.95. The van der Waals surface area contributed by atoms with Crippen molar-refractivity contribution in [2.45, 2.75) is 25.8 Å². The molecule has 3 N–H and O–H groups in total. The molecule has 0 radical (unpaired) electrons. The molecular formula is C11H17N3. The van der Waals surface area contributed by atoms with Gasteiger partial charge >= 0.3 is 0 Å². The molecule has 3 nitrogen and oxygen atoms in total. The van der Waals surface area contributed by atoms with E-state index in [0.29, 0.717) is 11.9 Å². The fourth-order valence-electron chi connectivity index (χ4n) is 2.04. The van der Waals surface area contributed by atoms with Crippen LogP contribution in [-0.4, -0.2) is 12.0 Å². The van der Waals surface area contributed by atoms with Crippen LogP contribution >= 0.6 is 0 Å². The monoisotopic (exact) mass is 191 g/mol. The summed E-state index contributed by atoms with van der Waals surface area (Å²) in [5.41, 5.74) is 8.34. The molecule has 1 aliphatic carbocycles. The summed E-state index contributed by atoms with van der Waals surface area (Å²) < 4.78 is 0. The van der Waals surface area contributed by atoms with Crippen molar-refractivity contribution in [1.82, 2.24) is 10.3 Å². The van der Waals surface area contributed by atoms with Crippen molar-refractivity contribution in [2.24, 2.45) is 5.92 Å². The van der Waals surface area contributed by atoms with Crippen LogP contribution in [0.5, 0.6) is 0 Å². The van der Waals surface area contributed by atoms with E-state index in [-0.39, 0.29) is 0 Å². The van der Waals surface area contributed by atoms with Gasteiger partial charge in [-0.3, -0.25) is 0 Å². The molecule has 2 rings (SSSR count). The Kier molecular flexibility index (Phi) is 2.42. The van der Waals surface area contributed by atoms with Gasteiger partial charge in [0, 0.05) is 17.8 Å². The number of hydrogen-bond donors (Lipinski definition) is 2. The molecule has 1 saturated carbocycles. The van der Waals surface area contributed by atoms with E-state index in [1.54, 1.807) is 6.20 Å². The molecule has 1 atom stereocenters. The topological polar surface area (TPSA) is 50.9 Å². The minimum absolute atomic E-state index is 0.392. The van der Waals surface area contributed by atoms with Gasteiger partial charge in [-0.25, -0.2) is 4.98 Å². The third-order valence-electron chi connectivity index (χ3n) is 2.95. The van der Waals surface area contributed by atoms with Crippen LogP contribution in [0.25, 0.3) is 0 Å². The average Bonchev–Trinajstić information content (AvgIpc) is 2.95. The highest BCUT2D eigenvalue weighted by atomic mass is 14.9. The van der Waals surface area contributed by atoms with Crippen LogP contribution < -0.4 is 11.1 Å². The van der Waals surface area contributed by atoms with E-state index in [4.69, 9.17) is 5.73 Å². The summed E-state index contributed by atoms with van der Waals surface area (Å²) in [5, 5.41) is 3.34. The lowest BCUT2D eigenvalue weighted by atomic mass is 9.99. The molecule has 3 heteroatoms. The predicted octanol–water partition coefficient (Wildman–Crippen LogP) is 1.64. The zero-order valence-electron chi connectivity index (χ0n) is 8.75. The van der Waals surface area contributed by atoms with Crippen LogP contribution in [0.2, 0.25) is 0 Å². The summed E-state index contributed by atoms with van der Waals surface area (Å²) in [4.78, 5) is 4.16. The summed E-state index contributed by atoms with van der Waals surface area (Å²) in [6, 6.07) is 2.42. The van der Waals surface area contributed by atoms with Crippen molar-refractivity contribution >= 4 is 5.82 Å². The molecule has 1 aromatic heterocycles. The number of nitrogens with two attached hydrogens (primary N) is 1. The van der Waals surface area contributed by atoms with E-state index in [9.17, 15) is 0 Å². The highest BCUT2D eigenvalue weighted by Gasteiger charge is 2.33. The van der Waals surface area contributed by atoms with E-state index in [1.165, 1.54) is 24.0 Å². The Morgan fingerprint density at radius 3 is 2.79 bits per heavy atom. The highest BCUT2D eigenvalue weighted by molar-refractivity contribution is 5.46. The van der Waals surface area contributed by atoms with E-state index in [1.807, 2.05) is 13.1 Å². The van der Waals surface area contributed by atoms with E-state index >= 15 is 0 Å². The molecular weight excluding hydrogens is 174 g/mol. The smallest absolute Gasteiger partial charge is 0.128 e. The van der Waals surface area contributed by atoms with Gasteiger partial charge in [0.15, 0.2) is 0 Å². The largest absolute Gasteiger partial charge is 0.383 e. The Morgan fingerprint density at radius 2 is 2.29 bits per heavy atom. The Morgan fingerprint density at radius 1 is 1.57 bits per heavy atom. The highest BCUT2D eigenvalue weighted by Crippen LogP contribution is 2.42. The fraction of sp³-hybridized carbons (Fsp3) is 0.545. The lowest BCUT2D eigenvalue weighted by molar-refractivity contribution is 0.526. The SMILES string of the molecule is CNC(c1c(C)ccnc1N)C1CC1. The van der Waals surface area contributed by atoms with Crippen molar-refractivity contribution in [3.05, 3.63) is 23.4 Å². The lowest BCUT2D eigenvalue weighted by Crippen LogP contribution is -2.21. The van der Waals surface area contributed by atoms with Gasteiger partial charge in [-0.05, 0) is 44.4 Å². The van der Waals surface area contributed by atoms with Crippen molar-refractivity contribution in [3.63, 3.8) is 0 Å². The lowest BCUT2D eigenvalue weighted by Gasteiger charge is -2.19. The first-order valence-corrected chi connectivity index (χ1v) is 5.12. The fourth-order valence-corrected chi connectivity index (χ4v) is 2.04. The first-order chi connectivity index (χ1) is 6.74. The number of aryl methyl sites for hydroxylation is 1. The van der Waals surface area contributed by atoms with Crippen molar-refractivity contribution in [1.29, 1.82) is 0 Å². The summed E-state index contributed by atoms with van der Waals surface area (Å²) >= 11 is 0. The van der Waals surface area contributed by atoms with Crippen LogP contribution in [0.4, 0.5) is 5.82 Å². The van der Waals surface area contributed by atoms with E-state index in [0.717, 1.165) is 5.92 Å². The van der Waals surface area contributed by atoms with Crippen LogP contribution in [-0.2, 0) is 0 Å². The minimum atomic E-state index is 0.392. The van der Waals surface area contributed by atoms with Crippen molar-refractivity contribution in [2.75, 3.05) is 12.8 Å². The normalized spacial score (nSPS) is 18.1. The van der Waals surface area contributed by atoms with Gasteiger partial charge in [-0.2, -0.15) is 0 Å². The van der Waals surface area contributed by atoms with E-state index < -0.39 is 0 Å². The molecule has 76 valence electrons. The van der Waals surface area contributed by atoms with Gasteiger partial charge < -0.3 is 11.1 Å². The van der Waals surface area contributed by atoms with Gasteiger partial charge in [0.05, 0.1) is 0 Å². The zero-order chi connectivity index (χ0) is 10.1. The Hall–Kier alpha value is -1.09. The average molecular weight is 191 g/mol. The number of anilines is 1. The van der Waals surface area contributed by atoms with Crippen LogP contribution in [0.1, 0.15) is 30.0 Å². The van der Waals surface area contributed by atoms with Gasteiger partial charge in [-0.1, -0.05) is 0 Å². The van der Waals surface area contributed by atoms with Crippen LogP contribution in [0.15, 0.2) is 12.3 Å². The number of aromatic nitrogens is 1. The maximum Gasteiger partial charge on any atom is 0.128 e. The van der Waals surface area contributed by atoms with Crippen molar-refractivity contribution in [3.8, 4) is 0 Å². The minimum Gasteiger partial charge on any atom is -0.383 e. The van der Waals surface area contributed by atoms with Gasteiger partial charge in [-0.15, -0.1) is 0 Å². The molecule has 0 spiro atoms. The second-order valence-corrected chi connectivity index (χ2v) is 4.03. The Labute approximate surface area is 84.7 Å². The quantitative estimate of drug-likeness (QED) is 0.763. The molecule has 1 unspecified atom stereocenters. The summed E-state index contributed by atoms with van der Waals surface area (Å²) in [7, 11) is 1.99. The van der Waals surface area contributed by atoms with Crippen molar-refractivity contribution < 1.29 is 0 Å². The number of nitrogen functional groups attached to an aromatic ring is 1. The molecule has 1 fully saturated rings. The second kappa shape index (κ2) is 3.58. The molecule has 1 heterocycles. The number of pyridine rings is 1. The van der Waals surface area contributed by atoms with Crippen LogP contribution in [0, 0.1) is 12.8 Å². The predicted molar refractivity (Wildman–Crippen MR) is 57.9 cm³/mol. The molecule has 14 heavy (non-hydrogen) atoms. The summed E-state index contributed by atoms with van der Waals surface area (Å²) in [6.07, 6.45) is 4.38. The van der Waals surface area contributed by atoms with Gasteiger partial charge in [0.1, 0.15) is 5.82 Å². The molecule has 0 amide bonds. The molecule has 1 aliphatic rings. The van der Waals surface area contributed by atoms with Gasteiger partial charge in [0.2, 0.25) is 0 Å².